The van der Waals surface area contributed by atoms with E-state index < -0.39 is 33.4 Å². The van der Waals surface area contributed by atoms with Gasteiger partial charge in [-0.2, -0.15) is 4.98 Å². The highest BCUT2D eigenvalue weighted by molar-refractivity contribution is 7.93. The molecule has 1 unspecified atom stereocenters. The van der Waals surface area contributed by atoms with Gasteiger partial charge in [0.05, 0.1) is 11.4 Å². The van der Waals surface area contributed by atoms with Crippen molar-refractivity contribution in [1.29, 1.82) is 0 Å². The van der Waals surface area contributed by atoms with Crippen molar-refractivity contribution < 1.29 is 27.9 Å². The Morgan fingerprint density at radius 3 is 2.32 bits per heavy atom. The van der Waals surface area contributed by atoms with Crippen LogP contribution in [0.15, 0.2) is 30.5 Å². The highest BCUT2D eigenvalue weighted by atomic mass is 32.2. The van der Waals surface area contributed by atoms with E-state index in [-0.39, 0.29) is 17.9 Å². The van der Waals surface area contributed by atoms with E-state index in [1.165, 1.54) is 6.20 Å². The standard InChI is InChI=1S/C28H42N6O6S/c1-5-11-22(6-2)41(38,39)32-24-19-29-27(33(7-3)8-4)31-25(24)30-23(26(35)36)18-20-12-14-21(15-13-20)40-28(37)34-16-9-10-17-34/h12-15,19,22-23,32H,5-11,16-18H2,1-4H3,(H,35,36)(H,29,30,31)/t22?,23-/m0/s1. The summed E-state index contributed by atoms with van der Waals surface area (Å²) in [4.78, 5) is 37.0. The smallest absolute Gasteiger partial charge is 0.415 e. The van der Waals surface area contributed by atoms with Gasteiger partial charge in [0.25, 0.3) is 0 Å². The van der Waals surface area contributed by atoms with E-state index in [1.807, 2.05) is 32.6 Å². The molecule has 0 radical (unpaired) electrons. The first-order valence-electron chi connectivity index (χ1n) is 14.3. The van der Waals surface area contributed by atoms with Crippen LogP contribution in [-0.4, -0.2) is 77.9 Å². The van der Waals surface area contributed by atoms with Gasteiger partial charge in [-0.3, -0.25) is 4.72 Å². The number of hydrogen-bond donors (Lipinski definition) is 3. The summed E-state index contributed by atoms with van der Waals surface area (Å²) in [5, 5.41) is 12.4. The van der Waals surface area contributed by atoms with Crippen molar-refractivity contribution in [3.05, 3.63) is 36.0 Å². The highest BCUT2D eigenvalue weighted by Crippen LogP contribution is 2.27. The van der Waals surface area contributed by atoms with Crippen LogP contribution in [0, 0.1) is 0 Å². The monoisotopic (exact) mass is 590 g/mol. The van der Waals surface area contributed by atoms with Gasteiger partial charge in [0.1, 0.15) is 17.5 Å². The third kappa shape index (κ3) is 8.69. The van der Waals surface area contributed by atoms with E-state index in [2.05, 4.69) is 20.0 Å². The van der Waals surface area contributed by atoms with Crippen LogP contribution in [0.25, 0.3) is 0 Å². The molecular weight excluding hydrogens is 548 g/mol. The van der Waals surface area contributed by atoms with Crippen molar-refractivity contribution in [2.45, 2.75) is 77.5 Å². The van der Waals surface area contributed by atoms with E-state index in [0.717, 1.165) is 12.8 Å². The minimum atomic E-state index is -3.77. The number of carbonyl (C=O) groups excluding carboxylic acids is 1. The van der Waals surface area contributed by atoms with Crippen LogP contribution in [0.1, 0.15) is 65.4 Å². The molecule has 0 saturated carbocycles. The first-order chi connectivity index (χ1) is 19.6. The van der Waals surface area contributed by atoms with Gasteiger partial charge in [-0.25, -0.2) is 23.0 Å². The molecule has 3 N–H and O–H groups in total. The molecule has 3 rings (SSSR count). The summed E-state index contributed by atoms with van der Waals surface area (Å²) in [6, 6.07) is 5.53. The number of aliphatic carboxylic acids is 1. The number of nitrogens with zero attached hydrogens (tertiary/aromatic N) is 4. The number of amides is 1. The molecule has 0 spiro atoms. The van der Waals surface area contributed by atoms with Crippen molar-refractivity contribution in [2.75, 3.05) is 41.1 Å². The number of rotatable bonds is 15. The fourth-order valence-electron chi connectivity index (χ4n) is 4.71. The maximum absolute atomic E-state index is 13.1. The van der Waals surface area contributed by atoms with Gasteiger partial charge in [-0.15, -0.1) is 0 Å². The maximum atomic E-state index is 13.1. The second kappa shape index (κ2) is 14.9. The number of benzene rings is 1. The van der Waals surface area contributed by atoms with E-state index in [9.17, 15) is 23.1 Å². The Balaban J connectivity index is 1.83. The first-order valence-corrected chi connectivity index (χ1v) is 15.8. The van der Waals surface area contributed by atoms with E-state index in [1.54, 1.807) is 29.2 Å². The molecule has 1 aliphatic rings. The molecule has 1 aromatic carbocycles. The van der Waals surface area contributed by atoms with Crippen LogP contribution in [0.3, 0.4) is 0 Å². The predicted octanol–water partition coefficient (Wildman–Crippen LogP) is 4.35. The minimum Gasteiger partial charge on any atom is -0.480 e. The molecule has 0 bridgehead atoms. The molecule has 1 saturated heterocycles. The number of carboxylic acids is 1. The number of sulfonamides is 1. The number of likely N-dealkylation sites (tertiary alicyclic amines) is 1. The molecule has 226 valence electrons. The molecule has 1 amide bonds. The molecule has 2 atom stereocenters. The summed E-state index contributed by atoms with van der Waals surface area (Å²) in [6.07, 6.45) is 4.61. The van der Waals surface area contributed by atoms with Crippen LogP contribution < -0.4 is 19.7 Å². The zero-order valence-electron chi connectivity index (χ0n) is 24.3. The number of ether oxygens (including phenoxy) is 1. The van der Waals surface area contributed by atoms with Gasteiger partial charge in [0.15, 0.2) is 5.82 Å². The third-order valence-corrected chi connectivity index (χ3v) is 9.07. The largest absolute Gasteiger partial charge is 0.480 e. The van der Waals surface area contributed by atoms with Crippen LogP contribution in [0.5, 0.6) is 5.75 Å². The number of carbonyl (C=O) groups is 2. The SMILES string of the molecule is CCCC(CC)S(=O)(=O)Nc1cnc(N(CC)CC)nc1N[C@@H](Cc1ccc(OC(=O)N2CCCC2)cc1)C(=O)O. The lowest BCUT2D eigenvalue weighted by molar-refractivity contribution is -0.137. The summed E-state index contributed by atoms with van der Waals surface area (Å²) in [5.74, 6) is -0.321. The maximum Gasteiger partial charge on any atom is 0.415 e. The van der Waals surface area contributed by atoms with Crippen LogP contribution >= 0.6 is 0 Å². The Morgan fingerprint density at radius 1 is 1.10 bits per heavy atom. The normalized spacial score (nSPS) is 14.8. The van der Waals surface area contributed by atoms with E-state index in [4.69, 9.17) is 4.74 Å². The zero-order valence-corrected chi connectivity index (χ0v) is 25.1. The summed E-state index contributed by atoms with van der Waals surface area (Å²) in [7, 11) is -3.77. The first kappa shape index (κ1) is 31.9. The Labute approximate surface area is 242 Å². The summed E-state index contributed by atoms with van der Waals surface area (Å²) < 4.78 is 34.3. The third-order valence-electron chi connectivity index (χ3n) is 7.12. The quantitative estimate of drug-likeness (QED) is 0.273. The Morgan fingerprint density at radius 2 is 1.76 bits per heavy atom. The molecule has 2 heterocycles. The van der Waals surface area contributed by atoms with Crippen LogP contribution in [0.4, 0.5) is 22.2 Å². The lowest BCUT2D eigenvalue weighted by Gasteiger charge is -2.23. The molecular formula is C28H42N6O6S. The summed E-state index contributed by atoms with van der Waals surface area (Å²) in [5.41, 5.74) is 0.769. The van der Waals surface area contributed by atoms with E-state index >= 15 is 0 Å². The Kier molecular flexibility index (Phi) is 11.6. The van der Waals surface area contributed by atoms with Gasteiger partial charge >= 0.3 is 12.1 Å². The topological polar surface area (TPSA) is 154 Å². The van der Waals surface area contributed by atoms with Crippen LogP contribution in [0.2, 0.25) is 0 Å². The number of nitrogens with one attached hydrogen (secondary N) is 2. The van der Waals surface area contributed by atoms with Crippen molar-refractivity contribution in [3.63, 3.8) is 0 Å². The van der Waals surface area contributed by atoms with Gasteiger partial charge in [0.2, 0.25) is 16.0 Å². The van der Waals surface area contributed by atoms with Crippen LogP contribution in [-0.2, 0) is 21.2 Å². The molecule has 13 heteroatoms. The van der Waals surface area contributed by atoms with Crippen molar-refractivity contribution in [3.8, 4) is 5.75 Å². The second-order valence-electron chi connectivity index (χ2n) is 10.0. The average Bonchev–Trinajstić information content (AvgIpc) is 3.49. The van der Waals surface area contributed by atoms with Gasteiger partial charge < -0.3 is 25.0 Å². The number of aromatic nitrogens is 2. The summed E-state index contributed by atoms with van der Waals surface area (Å²) >= 11 is 0. The summed E-state index contributed by atoms with van der Waals surface area (Å²) in [6.45, 7) is 10.2. The number of hydrogen-bond acceptors (Lipinski definition) is 9. The molecule has 12 nitrogen and oxygen atoms in total. The molecule has 1 aromatic heterocycles. The van der Waals surface area contributed by atoms with Gasteiger partial charge in [-0.05, 0) is 57.2 Å². The lowest BCUT2D eigenvalue weighted by atomic mass is 10.1. The fraction of sp³-hybridized carbons (Fsp3) is 0.571. The molecule has 0 aliphatic carbocycles. The zero-order chi connectivity index (χ0) is 30.0. The Hall–Kier alpha value is -3.61. The average molecular weight is 591 g/mol. The predicted molar refractivity (Wildman–Crippen MR) is 159 cm³/mol. The Bertz CT molecular complexity index is 1260. The molecule has 1 fully saturated rings. The van der Waals surface area contributed by atoms with Gasteiger partial charge in [0, 0.05) is 32.6 Å². The lowest BCUT2D eigenvalue weighted by Crippen LogP contribution is -2.34. The van der Waals surface area contributed by atoms with E-state index in [0.29, 0.717) is 62.7 Å². The number of anilines is 3. The number of carboxylic acid groups (broad SMARTS) is 1. The molecule has 41 heavy (non-hydrogen) atoms. The minimum absolute atomic E-state index is 0.0693. The van der Waals surface area contributed by atoms with Crippen molar-refractivity contribution in [1.82, 2.24) is 14.9 Å². The molecule has 1 aliphatic heterocycles. The second-order valence-corrected chi connectivity index (χ2v) is 12.0. The molecule has 2 aromatic rings. The van der Waals surface area contributed by atoms with Gasteiger partial charge in [-0.1, -0.05) is 32.4 Å². The van der Waals surface area contributed by atoms with Crippen molar-refractivity contribution >= 4 is 39.5 Å². The fourth-order valence-corrected chi connectivity index (χ4v) is 6.32. The van der Waals surface area contributed by atoms with Crippen molar-refractivity contribution in [2.24, 2.45) is 0 Å². The highest BCUT2D eigenvalue weighted by Gasteiger charge is 2.27.